The van der Waals surface area contributed by atoms with E-state index in [1.54, 1.807) is 0 Å². The Kier molecular flexibility index (Phi) is 3.62. The maximum atomic E-state index is 12.4. The molecule has 0 saturated carbocycles. The van der Waals surface area contributed by atoms with Crippen molar-refractivity contribution in [3.63, 3.8) is 0 Å². The molecule has 3 rings (SSSR count). The molecule has 1 aliphatic heterocycles. The van der Waals surface area contributed by atoms with Gasteiger partial charge in [-0.15, -0.1) is 0 Å². The summed E-state index contributed by atoms with van der Waals surface area (Å²) in [5.41, 5.74) is 2.37. The molecule has 1 aromatic heterocycles. The first-order valence-electron chi connectivity index (χ1n) is 7.23. The van der Waals surface area contributed by atoms with Crippen LogP contribution in [0.2, 0.25) is 0 Å². The number of allylic oxidation sites excluding steroid dienone is 1. The van der Waals surface area contributed by atoms with Crippen molar-refractivity contribution in [2.45, 2.75) is 44.6 Å². The van der Waals surface area contributed by atoms with E-state index in [0.717, 1.165) is 37.9 Å². The summed E-state index contributed by atoms with van der Waals surface area (Å²) in [6, 6.07) is 6.15. The molecular formula is C16H20N2O. The zero-order chi connectivity index (χ0) is 13.1. The van der Waals surface area contributed by atoms with Gasteiger partial charge in [-0.05, 0) is 44.2 Å². The van der Waals surface area contributed by atoms with E-state index in [1.165, 1.54) is 12.0 Å². The SMILES string of the molecule is O=C(CC1=CCCC1)N1CCCC1c1ccccn1. The zero-order valence-corrected chi connectivity index (χ0v) is 11.2. The van der Waals surface area contributed by atoms with E-state index in [1.807, 2.05) is 29.3 Å². The molecule has 1 saturated heterocycles. The highest BCUT2D eigenvalue weighted by Gasteiger charge is 2.30. The van der Waals surface area contributed by atoms with Gasteiger partial charge in [0.15, 0.2) is 0 Å². The first-order valence-corrected chi connectivity index (χ1v) is 7.23. The van der Waals surface area contributed by atoms with Crippen LogP contribution in [0.1, 0.15) is 50.3 Å². The predicted molar refractivity (Wildman–Crippen MR) is 74.5 cm³/mol. The fourth-order valence-corrected chi connectivity index (χ4v) is 3.14. The van der Waals surface area contributed by atoms with Crippen molar-refractivity contribution >= 4 is 5.91 Å². The van der Waals surface area contributed by atoms with Gasteiger partial charge in [0.25, 0.3) is 0 Å². The Bertz CT molecular complexity index is 481. The molecule has 1 unspecified atom stereocenters. The lowest BCUT2D eigenvalue weighted by atomic mass is 10.1. The summed E-state index contributed by atoms with van der Waals surface area (Å²) in [7, 11) is 0. The number of carbonyl (C=O) groups excluding carboxylic acids is 1. The summed E-state index contributed by atoms with van der Waals surface area (Å²) < 4.78 is 0. The highest BCUT2D eigenvalue weighted by molar-refractivity contribution is 5.79. The molecule has 3 nitrogen and oxygen atoms in total. The van der Waals surface area contributed by atoms with Gasteiger partial charge in [-0.1, -0.05) is 17.7 Å². The first-order chi connectivity index (χ1) is 9.34. The summed E-state index contributed by atoms with van der Waals surface area (Å²) in [6.45, 7) is 0.882. The van der Waals surface area contributed by atoms with Gasteiger partial charge in [0, 0.05) is 19.2 Å². The van der Waals surface area contributed by atoms with E-state index >= 15 is 0 Å². The second-order valence-electron chi connectivity index (χ2n) is 5.43. The van der Waals surface area contributed by atoms with Gasteiger partial charge >= 0.3 is 0 Å². The van der Waals surface area contributed by atoms with Crippen molar-refractivity contribution in [2.75, 3.05) is 6.54 Å². The van der Waals surface area contributed by atoms with Crippen LogP contribution in [0.5, 0.6) is 0 Å². The van der Waals surface area contributed by atoms with Crippen LogP contribution in [0, 0.1) is 0 Å². The van der Waals surface area contributed by atoms with Crippen LogP contribution >= 0.6 is 0 Å². The smallest absolute Gasteiger partial charge is 0.227 e. The van der Waals surface area contributed by atoms with Crippen LogP contribution in [-0.4, -0.2) is 22.3 Å². The van der Waals surface area contributed by atoms with E-state index in [9.17, 15) is 4.79 Å². The van der Waals surface area contributed by atoms with Gasteiger partial charge < -0.3 is 4.90 Å². The van der Waals surface area contributed by atoms with Crippen LogP contribution < -0.4 is 0 Å². The Morgan fingerprint density at radius 2 is 2.32 bits per heavy atom. The second-order valence-corrected chi connectivity index (χ2v) is 5.43. The van der Waals surface area contributed by atoms with Gasteiger partial charge in [-0.2, -0.15) is 0 Å². The number of hydrogen-bond donors (Lipinski definition) is 0. The number of nitrogens with zero attached hydrogens (tertiary/aromatic N) is 2. The molecule has 100 valence electrons. The van der Waals surface area contributed by atoms with Crippen LogP contribution in [0.15, 0.2) is 36.0 Å². The molecule has 0 radical (unpaired) electrons. The number of pyridine rings is 1. The summed E-state index contributed by atoms with van der Waals surface area (Å²) in [6.07, 6.45) is 10.3. The molecule has 1 fully saturated rings. The van der Waals surface area contributed by atoms with Crippen molar-refractivity contribution in [3.8, 4) is 0 Å². The molecule has 1 atom stereocenters. The molecule has 0 bridgehead atoms. The lowest BCUT2D eigenvalue weighted by Crippen LogP contribution is -2.31. The van der Waals surface area contributed by atoms with Gasteiger partial charge in [-0.3, -0.25) is 9.78 Å². The van der Waals surface area contributed by atoms with Crippen molar-refractivity contribution in [1.29, 1.82) is 0 Å². The summed E-state index contributed by atoms with van der Waals surface area (Å²) >= 11 is 0. The first kappa shape index (κ1) is 12.4. The molecule has 3 heteroatoms. The molecule has 0 N–H and O–H groups in total. The van der Waals surface area contributed by atoms with Gasteiger partial charge in [-0.25, -0.2) is 0 Å². The average molecular weight is 256 g/mol. The topological polar surface area (TPSA) is 33.2 Å². The van der Waals surface area contributed by atoms with Crippen molar-refractivity contribution in [1.82, 2.24) is 9.88 Å². The number of rotatable bonds is 3. The Balaban J connectivity index is 1.70. The molecule has 1 aromatic rings. The maximum Gasteiger partial charge on any atom is 0.227 e. The monoisotopic (exact) mass is 256 g/mol. The van der Waals surface area contributed by atoms with Crippen molar-refractivity contribution < 1.29 is 4.79 Å². The van der Waals surface area contributed by atoms with Crippen molar-refractivity contribution in [2.24, 2.45) is 0 Å². The number of amides is 1. The fourth-order valence-electron chi connectivity index (χ4n) is 3.14. The van der Waals surface area contributed by atoms with Crippen LogP contribution in [0.25, 0.3) is 0 Å². The number of carbonyl (C=O) groups is 1. The van der Waals surface area contributed by atoms with Crippen LogP contribution in [-0.2, 0) is 4.79 Å². The van der Waals surface area contributed by atoms with E-state index in [-0.39, 0.29) is 11.9 Å². The molecule has 2 aliphatic rings. The predicted octanol–water partition coefficient (Wildman–Crippen LogP) is 3.25. The van der Waals surface area contributed by atoms with Crippen LogP contribution in [0.4, 0.5) is 0 Å². The molecule has 0 spiro atoms. The third kappa shape index (κ3) is 2.70. The lowest BCUT2D eigenvalue weighted by molar-refractivity contribution is -0.131. The minimum atomic E-state index is 0.190. The Morgan fingerprint density at radius 3 is 3.05 bits per heavy atom. The second kappa shape index (κ2) is 5.55. The number of likely N-dealkylation sites (tertiary alicyclic amines) is 1. The van der Waals surface area contributed by atoms with E-state index in [0.29, 0.717) is 6.42 Å². The Labute approximate surface area is 114 Å². The number of hydrogen-bond acceptors (Lipinski definition) is 2. The average Bonchev–Trinajstić information content (AvgIpc) is 3.10. The van der Waals surface area contributed by atoms with Gasteiger partial charge in [0.2, 0.25) is 5.91 Å². The molecule has 19 heavy (non-hydrogen) atoms. The summed E-state index contributed by atoms with van der Waals surface area (Å²) in [5, 5.41) is 0. The summed E-state index contributed by atoms with van der Waals surface area (Å²) in [5.74, 6) is 0.279. The fraction of sp³-hybridized carbons (Fsp3) is 0.500. The molecule has 1 amide bonds. The molecular weight excluding hydrogens is 236 g/mol. The zero-order valence-electron chi connectivity index (χ0n) is 11.2. The third-order valence-electron chi connectivity index (χ3n) is 4.12. The highest BCUT2D eigenvalue weighted by Crippen LogP contribution is 2.32. The van der Waals surface area contributed by atoms with Gasteiger partial charge in [0.05, 0.1) is 11.7 Å². The van der Waals surface area contributed by atoms with Crippen molar-refractivity contribution in [3.05, 3.63) is 41.7 Å². The number of aromatic nitrogens is 1. The lowest BCUT2D eigenvalue weighted by Gasteiger charge is -2.24. The standard InChI is InChI=1S/C16H20N2O/c19-16(12-13-6-1-2-7-13)18-11-5-9-15(18)14-8-3-4-10-17-14/h3-4,6,8,10,15H,1-2,5,7,9,11-12H2. The normalized spacial score (nSPS) is 22.6. The largest absolute Gasteiger partial charge is 0.334 e. The molecule has 0 aromatic carbocycles. The van der Waals surface area contributed by atoms with E-state index in [2.05, 4.69) is 11.1 Å². The quantitative estimate of drug-likeness (QED) is 0.778. The molecule has 1 aliphatic carbocycles. The van der Waals surface area contributed by atoms with E-state index < -0.39 is 0 Å². The summed E-state index contributed by atoms with van der Waals surface area (Å²) in [4.78, 5) is 18.9. The minimum absolute atomic E-state index is 0.190. The van der Waals surface area contributed by atoms with Crippen LogP contribution in [0.3, 0.4) is 0 Å². The van der Waals surface area contributed by atoms with Gasteiger partial charge in [0.1, 0.15) is 0 Å². The molecule has 2 heterocycles. The maximum absolute atomic E-state index is 12.4. The Morgan fingerprint density at radius 1 is 1.37 bits per heavy atom. The van der Waals surface area contributed by atoms with E-state index in [4.69, 9.17) is 0 Å². The third-order valence-corrected chi connectivity index (χ3v) is 4.12. The highest BCUT2D eigenvalue weighted by atomic mass is 16.2. The Hall–Kier alpha value is -1.64. The minimum Gasteiger partial charge on any atom is -0.334 e.